The van der Waals surface area contributed by atoms with E-state index in [2.05, 4.69) is 10.3 Å². The molecular formula is C13H15N3O3S. The number of rotatable bonds is 5. The highest BCUT2D eigenvalue weighted by atomic mass is 32.1. The van der Waals surface area contributed by atoms with Gasteiger partial charge in [0.2, 0.25) is 0 Å². The fraction of sp³-hybridized carbons (Fsp3) is 0.308. The van der Waals surface area contributed by atoms with Crippen LogP contribution in [0.25, 0.3) is 0 Å². The van der Waals surface area contributed by atoms with Gasteiger partial charge < -0.3 is 10.1 Å². The SMILES string of the molecule is COc1cc(NC(C)c2nc(C)cs2)ccc1[N+](=O)[O-]. The second kappa shape index (κ2) is 5.87. The highest BCUT2D eigenvalue weighted by Gasteiger charge is 2.16. The van der Waals surface area contributed by atoms with Gasteiger partial charge in [0.1, 0.15) is 5.01 Å². The van der Waals surface area contributed by atoms with Gasteiger partial charge in [-0.15, -0.1) is 11.3 Å². The smallest absolute Gasteiger partial charge is 0.311 e. The van der Waals surface area contributed by atoms with Gasteiger partial charge in [-0.2, -0.15) is 0 Å². The number of hydrogen-bond acceptors (Lipinski definition) is 6. The molecule has 1 heterocycles. The number of aromatic nitrogens is 1. The van der Waals surface area contributed by atoms with E-state index >= 15 is 0 Å². The lowest BCUT2D eigenvalue weighted by atomic mass is 10.2. The van der Waals surface area contributed by atoms with Crippen LogP contribution in [0.2, 0.25) is 0 Å². The van der Waals surface area contributed by atoms with Crippen LogP contribution < -0.4 is 10.1 Å². The fourth-order valence-electron chi connectivity index (χ4n) is 1.80. The lowest BCUT2D eigenvalue weighted by molar-refractivity contribution is -0.385. The van der Waals surface area contributed by atoms with Gasteiger partial charge in [0.15, 0.2) is 5.75 Å². The highest BCUT2D eigenvalue weighted by molar-refractivity contribution is 7.09. The number of thiazole rings is 1. The minimum Gasteiger partial charge on any atom is -0.490 e. The number of nitro groups is 1. The van der Waals surface area contributed by atoms with Crippen molar-refractivity contribution in [2.75, 3.05) is 12.4 Å². The van der Waals surface area contributed by atoms with E-state index in [0.717, 1.165) is 16.4 Å². The Bertz CT molecular complexity index is 627. The second-order valence-electron chi connectivity index (χ2n) is 4.34. The van der Waals surface area contributed by atoms with E-state index in [-0.39, 0.29) is 17.5 Å². The average molecular weight is 293 g/mol. The average Bonchev–Trinajstić information content (AvgIpc) is 2.85. The van der Waals surface area contributed by atoms with Crippen LogP contribution >= 0.6 is 11.3 Å². The van der Waals surface area contributed by atoms with Gasteiger partial charge >= 0.3 is 5.69 Å². The predicted octanol–water partition coefficient (Wildman–Crippen LogP) is 3.54. The number of ether oxygens (including phenoxy) is 1. The molecule has 0 aliphatic heterocycles. The zero-order valence-corrected chi connectivity index (χ0v) is 12.2. The molecule has 20 heavy (non-hydrogen) atoms. The number of nitro benzene ring substituents is 1. The van der Waals surface area contributed by atoms with Crippen molar-refractivity contribution in [2.45, 2.75) is 19.9 Å². The number of methoxy groups -OCH3 is 1. The monoisotopic (exact) mass is 293 g/mol. The maximum atomic E-state index is 10.8. The predicted molar refractivity (Wildman–Crippen MR) is 78.5 cm³/mol. The Balaban J connectivity index is 2.19. The van der Waals surface area contributed by atoms with Gasteiger partial charge in [-0.1, -0.05) is 0 Å². The molecule has 1 N–H and O–H groups in total. The van der Waals surface area contributed by atoms with E-state index in [1.54, 1.807) is 23.5 Å². The molecule has 1 aromatic carbocycles. The van der Waals surface area contributed by atoms with Crippen LogP contribution in [0.5, 0.6) is 5.75 Å². The highest BCUT2D eigenvalue weighted by Crippen LogP contribution is 2.31. The van der Waals surface area contributed by atoms with Gasteiger partial charge in [-0.3, -0.25) is 10.1 Å². The first-order valence-corrected chi connectivity index (χ1v) is 6.90. The standard InChI is InChI=1S/C13H15N3O3S/c1-8-7-20-13(14-8)9(2)15-10-4-5-11(16(17)18)12(6-10)19-3/h4-7,9,15H,1-3H3. The Morgan fingerprint density at radius 3 is 2.80 bits per heavy atom. The molecular weight excluding hydrogens is 278 g/mol. The van der Waals surface area contributed by atoms with E-state index in [1.165, 1.54) is 13.2 Å². The number of nitrogens with zero attached hydrogens (tertiary/aromatic N) is 2. The number of nitrogens with one attached hydrogen (secondary N) is 1. The van der Waals surface area contributed by atoms with E-state index in [9.17, 15) is 10.1 Å². The molecule has 2 aromatic rings. The van der Waals surface area contributed by atoms with Crippen LogP contribution in [0, 0.1) is 17.0 Å². The third-order valence-electron chi connectivity index (χ3n) is 2.77. The lowest BCUT2D eigenvalue weighted by Gasteiger charge is -2.13. The van der Waals surface area contributed by atoms with Gasteiger partial charge in [-0.05, 0) is 19.9 Å². The molecule has 0 saturated heterocycles. The molecule has 0 aliphatic carbocycles. The van der Waals surface area contributed by atoms with Crippen LogP contribution in [0.4, 0.5) is 11.4 Å². The Kier molecular flexibility index (Phi) is 4.19. The molecule has 6 nitrogen and oxygen atoms in total. The summed E-state index contributed by atoms with van der Waals surface area (Å²) in [5.41, 5.74) is 1.70. The van der Waals surface area contributed by atoms with Crippen LogP contribution in [0.1, 0.15) is 23.7 Å². The van der Waals surface area contributed by atoms with Crippen LogP contribution in [0.15, 0.2) is 23.6 Å². The van der Waals surface area contributed by atoms with Crippen LogP contribution in [0.3, 0.4) is 0 Å². The first kappa shape index (κ1) is 14.3. The Morgan fingerprint density at radius 2 is 2.25 bits per heavy atom. The molecule has 0 radical (unpaired) electrons. The van der Waals surface area contributed by atoms with Crippen molar-refractivity contribution < 1.29 is 9.66 Å². The van der Waals surface area contributed by atoms with Crippen molar-refractivity contribution in [3.05, 3.63) is 44.4 Å². The zero-order valence-electron chi connectivity index (χ0n) is 11.4. The molecule has 0 aliphatic rings. The molecule has 0 fully saturated rings. The summed E-state index contributed by atoms with van der Waals surface area (Å²) in [4.78, 5) is 14.8. The fourth-order valence-corrected chi connectivity index (χ4v) is 2.60. The Hall–Kier alpha value is -2.15. The topological polar surface area (TPSA) is 77.3 Å². The number of aryl methyl sites for hydroxylation is 1. The van der Waals surface area contributed by atoms with Crippen molar-refractivity contribution in [3.63, 3.8) is 0 Å². The molecule has 0 saturated carbocycles. The summed E-state index contributed by atoms with van der Waals surface area (Å²) >= 11 is 1.58. The summed E-state index contributed by atoms with van der Waals surface area (Å²) in [6.07, 6.45) is 0. The summed E-state index contributed by atoms with van der Waals surface area (Å²) in [6.45, 7) is 3.94. The first-order chi connectivity index (χ1) is 9.51. The van der Waals surface area contributed by atoms with Crippen molar-refractivity contribution in [2.24, 2.45) is 0 Å². The molecule has 1 unspecified atom stereocenters. The molecule has 106 valence electrons. The van der Waals surface area contributed by atoms with Gasteiger partial charge in [0, 0.05) is 28.9 Å². The molecule has 2 rings (SSSR count). The summed E-state index contributed by atoms with van der Waals surface area (Å²) < 4.78 is 5.04. The number of anilines is 1. The van der Waals surface area contributed by atoms with Crippen molar-refractivity contribution in [1.82, 2.24) is 4.98 Å². The van der Waals surface area contributed by atoms with E-state index < -0.39 is 4.92 Å². The summed E-state index contributed by atoms with van der Waals surface area (Å²) in [6, 6.07) is 4.74. The summed E-state index contributed by atoms with van der Waals surface area (Å²) in [5, 5.41) is 17.1. The third-order valence-corrected chi connectivity index (χ3v) is 3.91. The van der Waals surface area contributed by atoms with Crippen LogP contribution in [-0.2, 0) is 0 Å². The molecule has 1 aromatic heterocycles. The molecule has 0 spiro atoms. The Morgan fingerprint density at radius 1 is 1.50 bits per heavy atom. The molecule has 1 atom stereocenters. The zero-order chi connectivity index (χ0) is 14.7. The van der Waals surface area contributed by atoms with Crippen molar-refractivity contribution >= 4 is 22.7 Å². The lowest BCUT2D eigenvalue weighted by Crippen LogP contribution is -2.06. The maximum absolute atomic E-state index is 10.8. The van der Waals surface area contributed by atoms with Gasteiger partial charge in [-0.25, -0.2) is 4.98 Å². The van der Waals surface area contributed by atoms with E-state index in [4.69, 9.17) is 4.74 Å². The maximum Gasteiger partial charge on any atom is 0.311 e. The summed E-state index contributed by atoms with van der Waals surface area (Å²) in [5.74, 6) is 0.238. The largest absolute Gasteiger partial charge is 0.490 e. The first-order valence-electron chi connectivity index (χ1n) is 6.02. The number of hydrogen-bond donors (Lipinski definition) is 1. The van der Waals surface area contributed by atoms with E-state index in [1.807, 2.05) is 19.2 Å². The van der Waals surface area contributed by atoms with Gasteiger partial charge in [0.05, 0.1) is 18.1 Å². The van der Waals surface area contributed by atoms with Crippen molar-refractivity contribution in [1.29, 1.82) is 0 Å². The third kappa shape index (κ3) is 3.05. The molecule has 7 heteroatoms. The van der Waals surface area contributed by atoms with E-state index in [0.29, 0.717) is 0 Å². The minimum absolute atomic E-state index is 0.0277. The van der Waals surface area contributed by atoms with Gasteiger partial charge in [0.25, 0.3) is 0 Å². The second-order valence-corrected chi connectivity index (χ2v) is 5.23. The number of benzene rings is 1. The normalized spacial score (nSPS) is 11.9. The summed E-state index contributed by atoms with van der Waals surface area (Å²) in [7, 11) is 1.42. The Labute approximate surface area is 120 Å². The van der Waals surface area contributed by atoms with Crippen LogP contribution in [-0.4, -0.2) is 17.0 Å². The molecule has 0 amide bonds. The minimum atomic E-state index is -0.462. The molecule has 0 bridgehead atoms. The van der Waals surface area contributed by atoms with Crippen molar-refractivity contribution in [3.8, 4) is 5.75 Å². The quantitative estimate of drug-likeness (QED) is 0.674.